The van der Waals surface area contributed by atoms with Gasteiger partial charge in [-0.2, -0.15) is 8.78 Å². The van der Waals surface area contributed by atoms with Gasteiger partial charge >= 0.3 is 11.9 Å². The van der Waals surface area contributed by atoms with E-state index in [1.165, 1.54) is 21.3 Å². The molecule has 41 heavy (non-hydrogen) atoms. The monoisotopic (exact) mass is 568 g/mol. The number of aryl methyl sites for hydroxylation is 1. The van der Waals surface area contributed by atoms with Gasteiger partial charge in [-0.15, -0.1) is 0 Å². The molecule has 1 aromatic heterocycles. The van der Waals surface area contributed by atoms with Gasteiger partial charge in [0.2, 0.25) is 5.75 Å². The van der Waals surface area contributed by atoms with Crippen LogP contribution in [0.15, 0.2) is 67.0 Å². The third-order valence-electron chi connectivity index (χ3n) is 7.18. The first-order valence-corrected chi connectivity index (χ1v) is 13.4. The average Bonchev–Trinajstić information content (AvgIpc) is 3.02. The van der Waals surface area contributed by atoms with Crippen molar-refractivity contribution in [2.45, 2.75) is 50.2 Å². The van der Waals surface area contributed by atoms with E-state index in [0.29, 0.717) is 25.7 Å². The van der Waals surface area contributed by atoms with Crippen molar-refractivity contribution in [2.75, 3.05) is 27.9 Å². The van der Waals surface area contributed by atoms with Crippen LogP contribution in [-0.4, -0.2) is 55.7 Å². The normalized spacial score (nSPS) is 16.0. The quantitative estimate of drug-likeness (QED) is 0.283. The van der Waals surface area contributed by atoms with Gasteiger partial charge in [0.25, 0.3) is 5.91 Å². The number of alkyl halides is 2. The zero-order chi connectivity index (χ0) is 29.4. The van der Waals surface area contributed by atoms with Gasteiger partial charge in [0.1, 0.15) is 12.1 Å². The number of halogens is 2. The lowest BCUT2D eigenvalue weighted by Crippen LogP contribution is -2.53. The second-order valence-corrected chi connectivity index (χ2v) is 9.73. The molecule has 1 saturated heterocycles. The lowest BCUT2D eigenvalue weighted by atomic mass is 9.98. The van der Waals surface area contributed by atoms with Crippen LogP contribution in [-0.2, 0) is 26.7 Å². The number of piperidine rings is 1. The van der Waals surface area contributed by atoms with Gasteiger partial charge in [0.05, 0.1) is 21.3 Å². The fourth-order valence-corrected chi connectivity index (χ4v) is 5.01. The van der Waals surface area contributed by atoms with Gasteiger partial charge in [0.15, 0.2) is 11.5 Å². The molecule has 218 valence electrons. The third kappa shape index (κ3) is 6.75. The Bertz CT molecular complexity index is 1300. The van der Waals surface area contributed by atoms with Gasteiger partial charge in [0, 0.05) is 24.5 Å². The van der Waals surface area contributed by atoms with Gasteiger partial charge < -0.3 is 23.8 Å². The third-order valence-corrected chi connectivity index (χ3v) is 7.18. The van der Waals surface area contributed by atoms with Crippen molar-refractivity contribution in [3.8, 4) is 17.2 Å². The number of amides is 1. The van der Waals surface area contributed by atoms with Crippen LogP contribution >= 0.6 is 0 Å². The van der Waals surface area contributed by atoms with Crippen LogP contribution < -0.4 is 14.2 Å². The van der Waals surface area contributed by atoms with E-state index < -0.39 is 35.5 Å². The van der Waals surface area contributed by atoms with Crippen molar-refractivity contribution in [2.24, 2.45) is 0 Å². The summed E-state index contributed by atoms with van der Waals surface area (Å²) in [6, 6.07) is 13.9. The van der Waals surface area contributed by atoms with Gasteiger partial charge in [-0.25, -0.2) is 4.79 Å². The van der Waals surface area contributed by atoms with Crippen molar-refractivity contribution >= 4 is 11.9 Å². The smallest absolute Gasteiger partial charge is 0.350 e. The predicted molar refractivity (Wildman–Crippen MR) is 147 cm³/mol. The molecule has 0 N–H and O–H groups in total. The standard InChI is InChI=1S/C31H34F2N2O6/c1-38-26-18-23(19-27(39-2)28(26)40-3)31(32,33)30(37)35-17-8-7-13-24(35)29(36)41-25(22-11-5-4-6-12-22)15-14-21-10-9-16-34-20-21/h4-6,9-12,16,18-20,24-25H,7-8,13-15,17H2,1-3H3/t24-,25?/m0/s1. The molecule has 0 bridgehead atoms. The van der Waals surface area contributed by atoms with Crippen molar-refractivity contribution in [3.63, 3.8) is 0 Å². The second kappa shape index (κ2) is 13.4. The minimum atomic E-state index is -3.97. The van der Waals surface area contributed by atoms with Crippen LogP contribution in [0.4, 0.5) is 8.78 Å². The summed E-state index contributed by atoms with van der Waals surface area (Å²) in [5.74, 6) is -6.06. The number of benzene rings is 2. The average molecular weight is 569 g/mol. The molecule has 2 heterocycles. The van der Waals surface area contributed by atoms with E-state index in [-0.39, 0.29) is 30.2 Å². The summed E-state index contributed by atoms with van der Waals surface area (Å²) in [6.45, 7) is 0.00427. The number of carbonyl (C=O) groups excluding carboxylic acids is 2. The van der Waals surface area contributed by atoms with Crippen molar-refractivity contribution < 1.29 is 37.3 Å². The number of esters is 1. The van der Waals surface area contributed by atoms with Crippen LogP contribution in [0.2, 0.25) is 0 Å². The molecule has 3 aromatic rings. The fraction of sp³-hybridized carbons (Fsp3) is 0.387. The Hall–Kier alpha value is -4.21. The van der Waals surface area contributed by atoms with E-state index in [2.05, 4.69) is 4.98 Å². The second-order valence-electron chi connectivity index (χ2n) is 9.73. The molecule has 4 rings (SSSR count). The Morgan fingerprint density at radius 2 is 1.71 bits per heavy atom. The van der Waals surface area contributed by atoms with Crippen LogP contribution in [0.1, 0.15) is 48.5 Å². The molecule has 10 heteroatoms. The Morgan fingerprint density at radius 1 is 1.00 bits per heavy atom. The number of hydrogen-bond acceptors (Lipinski definition) is 7. The molecule has 0 saturated carbocycles. The molecule has 1 aliphatic rings. The van der Waals surface area contributed by atoms with Crippen LogP contribution in [0.3, 0.4) is 0 Å². The molecular weight excluding hydrogens is 534 g/mol. The summed E-state index contributed by atoms with van der Waals surface area (Å²) < 4.78 is 53.1. The highest BCUT2D eigenvalue weighted by Crippen LogP contribution is 2.43. The van der Waals surface area contributed by atoms with E-state index in [9.17, 15) is 9.59 Å². The first kappa shape index (κ1) is 29.8. The molecular formula is C31H34F2N2O6. The Labute approximate surface area is 238 Å². The number of methoxy groups -OCH3 is 3. The first-order chi connectivity index (χ1) is 19.8. The van der Waals surface area contributed by atoms with Gasteiger partial charge in [-0.1, -0.05) is 36.4 Å². The zero-order valence-electron chi connectivity index (χ0n) is 23.3. The largest absolute Gasteiger partial charge is 0.493 e. The molecule has 1 amide bonds. The van der Waals surface area contributed by atoms with E-state index >= 15 is 8.78 Å². The zero-order valence-corrected chi connectivity index (χ0v) is 23.3. The maximum absolute atomic E-state index is 15.8. The maximum atomic E-state index is 15.8. The van der Waals surface area contributed by atoms with Crippen molar-refractivity contribution in [1.82, 2.24) is 9.88 Å². The highest BCUT2D eigenvalue weighted by Gasteiger charge is 2.49. The Morgan fingerprint density at radius 3 is 2.32 bits per heavy atom. The molecule has 1 unspecified atom stereocenters. The molecule has 0 radical (unpaired) electrons. The summed E-state index contributed by atoms with van der Waals surface area (Å²) in [7, 11) is 3.96. The van der Waals surface area contributed by atoms with Crippen molar-refractivity contribution in [3.05, 3.63) is 83.7 Å². The number of ether oxygens (including phenoxy) is 4. The number of nitrogens with zero attached hydrogens (tertiary/aromatic N) is 2. The number of pyridine rings is 1. The lowest BCUT2D eigenvalue weighted by molar-refractivity contribution is -0.173. The summed E-state index contributed by atoms with van der Waals surface area (Å²) in [5.41, 5.74) is 1.12. The van der Waals surface area contributed by atoms with Crippen LogP contribution in [0, 0.1) is 0 Å². The first-order valence-electron chi connectivity index (χ1n) is 13.4. The summed E-state index contributed by atoms with van der Waals surface area (Å²) in [6.07, 6.45) is 5.17. The maximum Gasteiger partial charge on any atom is 0.350 e. The summed E-state index contributed by atoms with van der Waals surface area (Å²) >= 11 is 0. The molecule has 2 aromatic carbocycles. The molecule has 2 atom stereocenters. The van der Waals surface area contributed by atoms with Gasteiger partial charge in [-0.3, -0.25) is 9.78 Å². The molecule has 0 aliphatic carbocycles. The minimum Gasteiger partial charge on any atom is -0.493 e. The highest BCUT2D eigenvalue weighted by molar-refractivity contribution is 5.90. The summed E-state index contributed by atoms with van der Waals surface area (Å²) in [5, 5.41) is 0. The molecule has 0 spiro atoms. The van der Waals surface area contributed by atoms with E-state index in [1.54, 1.807) is 12.4 Å². The molecule has 1 aliphatic heterocycles. The van der Waals surface area contributed by atoms with E-state index in [0.717, 1.165) is 28.2 Å². The number of rotatable bonds is 11. The van der Waals surface area contributed by atoms with E-state index in [1.807, 2.05) is 42.5 Å². The van der Waals surface area contributed by atoms with E-state index in [4.69, 9.17) is 18.9 Å². The number of likely N-dealkylation sites (tertiary alicyclic amines) is 1. The Kier molecular flexibility index (Phi) is 9.75. The van der Waals surface area contributed by atoms with Gasteiger partial charge in [-0.05, 0) is 61.4 Å². The minimum absolute atomic E-state index is 0.00427. The van der Waals surface area contributed by atoms with Crippen LogP contribution in [0.5, 0.6) is 17.2 Å². The molecule has 8 nitrogen and oxygen atoms in total. The lowest BCUT2D eigenvalue weighted by Gasteiger charge is -2.37. The van der Waals surface area contributed by atoms with Crippen molar-refractivity contribution in [1.29, 1.82) is 0 Å². The predicted octanol–water partition coefficient (Wildman–Crippen LogP) is 5.50. The molecule has 1 fully saturated rings. The number of aromatic nitrogens is 1. The summed E-state index contributed by atoms with van der Waals surface area (Å²) in [4.78, 5) is 32.0. The SMILES string of the molecule is COc1cc(C(F)(F)C(=O)N2CCCC[C@H]2C(=O)OC(CCc2cccnc2)c2ccccc2)cc(OC)c1OC. The highest BCUT2D eigenvalue weighted by atomic mass is 19.3. The topological polar surface area (TPSA) is 87.2 Å². The number of carbonyl (C=O) groups is 2. The van der Waals surface area contributed by atoms with Crippen LogP contribution in [0.25, 0.3) is 0 Å². The fourth-order valence-electron chi connectivity index (χ4n) is 5.01. The Balaban J connectivity index is 1.57. The number of hydrogen-bond donors (Lipinski definition) is 0.